The molecule has 4 nitrogen and oxygen atoms in total. The summed E-state index contributed by atoms with van der Waals surface area (Å²) in [6, 6.07) is 0. The zero-order valence-electron chi connectivity index (χ0n) is 11.2. The minimum absolute atomic E-state index is 0. The SMILES string of the molecule is Cl.Cl.O=C(NCCN1CCSCC1)C1CCNCC1. The molecule has 0 atom stereocenters. The predicted molar refractivity (Wildman–Crippen MR) is 86.9 cm³/mol. The van der Waals surface area contributed by atoms with Crippen LogP contribution in [-0.4, -0.2) is 61.6 Å². The van der Waals surface area contributed by atoms with Crippen molar-refractivity contribution < 1.29 is 4.79 Å². The van der Waals surface area contributed by atoms with E-state index in [1.807, 2.05) is 11.8 Å². The Morgan fingerprint density at radius 1 is 1.21 bits per heavy atom. The van der Waals surface area contributed by atoms with Gasteiger partial charge in [0.2, 0.25) is 5.91 Å². The summed E-state index contributed by atoms with van der Waals surface area (Å²) < 4.78 is 0. The number of nitrogens with one attached hydrogen (secondary N) is 2. The van der Waals surface area contributed by atoms with Crippen molar-refractivity contribution in [1.29, 1.82) is 0 Å². The number of thioether (sulfide) groups is 1. The van der Waals surface area contributed by atoms with Crippen LogP contribution >= 0.6 is 36.6 Å². The van der Waals surface area contributed by atoms with Gasteiger partial charge in [-0.1, -0.05) is 0 Å². The van der Waals surface area contributed by atoms with E-state index in [1.165, 1.54) is 24.6 Å². The monoisotopic (exact) mass is 329 g/mol. The van der Waals surface area contributed by atoms with Crippen molar-refractivity contribution in [2.24, 2.45) is 5.92 Å². The van der Waals surface area contributed by atoms with Gasteiger partial charge in [-0.25, -0.2) is 0 Å². The number of carbonyl (C=O) groups is 1. The molecule has 0 spiro atoms. The molecule has 2 rings (SSSR count). The number of amides is 1. The maximum atomic E-state index is 11.9. The van der Waals surface area contributed by atoms with Gasteiger partial charge in [-0.15, -0.1) is 24.8 Å². The summed E-state index contributed by atoms with van der Waals surface area (Å²) >= 11 is 2.03. The zero-order chi connectivity index (χ0) is 11.9. The first kappa shape index (κ1) is 19.3. The molecular formula is C12H25Cl2N3OS. The summed E-state index contributed by atoms with van der Waals surface area (Å²) in [5, 5.41) is 6.37. The molecule has 2 heterocycles. The quantitative estimate of drug-likeness (QED) is 0.807. The summed E-state index contributed by atoms with van der Waals surface area (Å²) in [4.78, 5) is 14.3. The van der Waals surface area contributed by atoms with E-state index in [0.29, 0.717) is 0 Å². The zero-order valence-corrected chi connectivity index (χ0v) is 13.7. The molecule has 0 aliphatic carbocycles. The molecule has 0 aromatic carbocycles. The predicted octanol–water partition coefficient (Wildman–Crippen LogP) is 0.995. The Morgan fingerprint density at radius 3 is 2.47 bits per heavy atom. The van der Waals surface area contributed by atoms with Gasteiger partial charge in [0.15, 0.2) is 0 Å². The second kappa shape index (κ2) is 11.0. The van der Waals surface area contributed by atoms with Crippen molar-refractivity contribution >= 4 is 42.5 Å². The molecule has 2 saturated heterocycles. The number of nitrogens with zero attached hydrogens (tertiary/aromatic N) is 1. The Morgan fingerprint density at radius 2 is 1.84 bits per heavy atom. The molecular weight excluding hydrogens is 305 g/mol. The van der Waals surface area contributed by atoms with E-state index in [1.54, 1.807) is 0 Å². The summed E-state index contributed by atoms with van der Waals surface area (Å²) in [7, 11) is 0. The summed E-state index contributed by atoms with van der Waals surface area (Å²) in [5.74, 6) is 2.98. The van der Waals surface area contributed by atoms with Crippen molar-refractivity contribution in [3.63, 3.8) is 0 Å². The second-order valence-corrected chi connectivity index (χ2v) is 5.99. The Labute approximate surface area is 132 Å². The number of piperidine rings is 1. The first-order valence-corrected chi connectivity index (χ1v) is 7.80. The minimum atomic E-state index is 0. The van der Waals surface area contributed by atoms with Gasteiger partial charge in [-0.3, -0.25) is 9.69 Å². The van der Waals surface area contributed by atoms with Crippen LogP contribution in [0, 0.1) is 5.92 Å². The average molecular weight is 330 g/mol. The third-order valence-corrected chi connectivity index (χ3v) is 4.48. The molecule has 0 radical (unpaired) electrons. The maximum Gasteiger partial charge on any atom is 0.223 e. The van der Waals surface area contributed by atoms with Crippen LogP contribution in [0.1, 0.15) is 12.8 Å². The molecule has 2 N–H and O–H groups in total. The van der Waals surface area contributed by atoms with Crippen LogP contribution in [0.2, 0.25) is 0 Å². The molecule has 114 valence electrons. The fourth-order valence-electron chi connectivity index (χ4n) is 2.39. The Kier molecular flexibility index (Phi) is 11.2. The van der Waals surface area contributed by atoms with E-state index in [2.05, 4.69) is 15.5 Å². The van der Waals surface area contributed by atoms with Crippen LogP contribution in [0.4, 0.5) is 0 Å². The molecule has 2 aliphatic rings. The molecule has 0 saturated carbocycles. The standard InChI is InChI=1S/C12H23N3OS.2ClH/c16-12(11-1-3-13-4-2-11)14-5-6-15-7-9-17-10-8-15;;/h11,13H,1-10H2,(H,14,16);2*1H. The van der Waals surface area contributed by atoms with Crippen LogP contribution in [-0.2, 0) is 4.79 Å². The molecule has 0 unspecified atom stereocenters. The highest BCUT2D eigenvalue weighted by atomic mass is 35.5. The fraction of sp³-hybridized carbons (Fsp3) is 0.917. The first-order chi connectivity index (χ1) is 8.36. The van der Waals surface area contributed by atoms with E-state index in [9.17, 15) is 4.79 Å². The number of carbonyl (C=O) groups excluding carboxylic acids is 1. The van der Waals surface area contributed by atoms with Gasteiger partial charge >= 0.3 is 0 Å². The first-order valence-electron chi connectivity index (χ1n) is 6.65. The van der Waals surface area contributed by atoms with Crippen molar-refractivity contribution in [3.8, 4) is 0 Å². The second-order valence-electron chi connectivity index (χ2n) is 4.77. The van der Waals surface area contributed by atoms with Gasteiger partial charge in [0.05, 0.1) is 0 Å². The normalized spacial score (nSPS) is 21.1. The van der Waals surface area contributed by atoms with Crippen molar-refractivity contribution in [2.45, 2.75) is 12.8 Å². The van der Waals surface area contributed by atoms with Gasteiger partial charge in [0.1, 0.15) is 0 Å². The van der Waals surface area contributed by atoms with E-state index in [4.69, 9.17) is 0 Å². The largest absolute Gasteiger partial charge is 0.355 e. The third kappa shape index (κ3) is 7.04. The van der Waals surface area contributed by atoms with Gasteiger partial charge in [-0.05, 0) is 25.9 Å². The molecule has 2 aliphatic heterocycles. The molecule has 19 heavy (non-hydrogen) atoms. The lowest BCUT2D eigenvalue weighted by Crippen LogP contribution is -2.42. The number of halogens is 2. The number of rotatable bonds is 4. The van der Waals surface area contributed by atoms with E-state index >= 15 is 0 Å². The van der Waals surface area contributed by atoms with Crippen molar-refractivity contribution in [1.82, 2.24) is 15.5 Å². The van der Waals surface area contributed by atoms with E-state index in [-0.39, 0.29) is 36.6 Å². The van der Waals surface area contributed by atoms with Crippen LogP contribution in [0.15, 0.2) is 0 Å². The van der Waals surface area contributed by atoms with Crippen molar-refractivity contribution in [3.05, 3.63) is 0 Å². The number of hydrogen-bond acceptors (Lipinski definition) is 4. The molecule has 7 heteroatoms. The van der Waals surface area contributed by atoms with Crippen molar-refractivity contribution in [2.75, 3.05) is 50.8 Å². The van der Waals surface area contributed by atoms with Crippen LogP contribution in [0.3, 0.4) is 0 Å². The highest BCUT2D eigenvalue weighted by molar-refractivity contribution is 7.99. The van der Waals surface area contributed by atoms with Crippen LogP contribution in [0.5, 0.6) is 0 Å². The van der Waals surface area contributed by atoms with Gasteiger partial charge < -0.3 is 10.6 Å². The minimum Gasteiger partial charge on any atom is -0.355 e. The number of hydrogen-bond donors (Lipinski definition) is 2. The van der Waals surface area contributed by atoms with E-state index < -0.39 is 0 Å². The lowest BCUT2D eigenvalue weighted by atomic mass is 9.97. The Balaban J connectivity index is 0.00000162. The Bertz CT molecular complexity index is 247. The average Bonchev–Trinajstić information content (AvgIpc) is 2.41. The molecule has 2 fully saturated rings. The van der Waals surface area contributed by atoms with Crippen LogP contribution < -0.4 is 10.6 Å². The summed E-state index contributed by atoms with van der Waals surface area (Å²) in [6.45, 7) is 6.15. The summed E-state index contributed by atoms with van der Waals surface area (Å²) in [6.07, 6.45) is 1.98. The lowest BCUT2D eigenvalue weighted by Gasteiger charge is -2.27. The summed E-state index contributed by atoms with van der Waals surface area (Å²) in [5.41, 5.74) is 0. The van der Waals surface area contributed by atoms with E-state index in [0.717, 1.165) is 39.0 Å². The topological polar surface area (TPSA) is 44.4 Å². The smallest absolute Gasteiger partial charge is 0.223 e. The van der Waals surface area contributed by atoms with Crippen LogP contribution in [0.25, 0.3) is 0 Å². The third-order valence-electron chi connectivity index (χ3n) is 3.54. The fourth-order valence-corrected chi connectivity index (χ4v) is 3.37. The highest BCUT2D eigenvalue weighted by Gasteiger charge is 2.20. The Hall–Kier alpha value is 0.320. The molecule has 1 amide bonds. The van der Waals surface area contributed by atoms with Gasteiger partial charge in [0.25, 0.3) is 0 Å². The maximum absolute atomic E-state index is 11.9. The lowest BCUT2D eigenvalue weighted by molar-refractivity contribution is -0.125. The molecule has 0 aromatic heterocycles. The molecule has 0 bridgehead atoms. The van der Waals surface area contributed by atoms with Gasteiger partial charge in [-0.2, -0.15) is 11.8 Å². The van der Waals surface area contributed by atoms with Gasteiger partial charge in [0, 0.05) is 43.6 Å². The highest BCUT2D eigenvalue weighted by Crippen LogP contribution is 2.11. The molecule has 0 aromatic rings.